The number of nitrogen functional groups attached to an aromatic ring is 1. The van der Waals surface area contributed by atoms with Crippen LogP contribution < -0.4 is 11.1 Å². The van der Waals surface area contributed by atoms with E-state index in [2.05, 4.69) is 15.3 Å². The summed E-state index contributed by atoms with van der Waals surface area (Å²) in [5.41, 5.74) is 7.07. The van der Waals surface area contributed by atoms with Crippen molar-refractivity contribution >= 4 is 38.7 Å². The number of nitrogens with two attached hydrogens (primary N) is 1. The fraction of sp³-hybridized carbons (Fsp3) is 0. The van der Waals surface area contributed by atoms with Crippen LogP contribution in [-0.4, -0.2) is 15.9 Å². The molecule has 0 saturated carbocycles. The van der Waals surface area contributed by atoms with Crippen molar-refractivity contribution in [2.75, 3.05) is 11.1 Å². The molecular weight excluding hydrogens is 260 g/mol. The summed E-state index contributed by atoms with van der Waals surface area (Å²) in [7, 11) is 0. The maximum Gasteiger partial charge on any atom is 0.267 e. The van der Waals surface area contributed by atoms with Gasteiger partial charge in [-0.25, -0.2) is 9.97 Å². The lowest BCUT2D eigenvalue weighted by molar-refractivity contribution is 0.103. The van der Waals surface area contributed by atoms with Gasteiger partial charge >= 0.3 is 0 Å². The van der Waals surface area contributed by atoms with Gasteiger partial charge < -0.3 is 11.1 Å². The highest BCUT2D eigenvalue weighted by molar-refractivity contribution is 7.21. The van der Waals surface area contributed by atoms with E-state index < -0.39 is 0 Å². The van der Waals surface area contributed by atoms with E-state index in [1.807, 2.05) is 24.3 Å². The lowest BCUT2D eigenvalue weighted by Gasteiger charge is -2.02. The second kappa shape index (κ2) is 4.66. The van der Waals surface area contributed by atoms with Crippen LogP contribution in [0.3, 0.4) is 0 Å². The Morgan fingerprint density at radius 2 is 1.95 bits per heavy atom. The molecule has 0 spiro atoms. The van der Waals surface area contributed by atoms with Crippen LogP contribution in [0.4, 0.5) is 11.4 Å². The van der Waals surface area contributed by atoms with Crippen LogP contribution in [0.1, 0.15) is 9.67 Å². The summed E-state index contributed by atoms with van der Waals surface area (Å²) in [5, 5.41) is 3.63. The topological polar surface area (TPSA) is 80.9 Å². The van der Waals surface area contributed by atoms with Gasteiger partial charge in [-0.1, -0.05) is 18.2 Å². The molecule has 0 unspecified atom stereocenters. The summed E-state index contributed by atoms with van der Waals surface area (Å²) in [6.07, 6.45) is 4.48. The van der Waals surface area contributed by atoms with Crippen LogP contribution in [0, 0.1) is 0 Å². The van der Waals surface area contributed by atoms with Gasteiger partial charge in [0.2, 0.25) is 0 Å². The molecule has 0 radical (unpaired) electrons. The Bertz CT molecular complexity index is 739. The predicted molar refractivity (Wildman–Crippen MR) is 76.2 cm³/mol. The number of carbonyl (C=O) groups excluding carboxylic acids is 1. The Morgan fingerprint density at radius 1 is 1.21 bits per heavy atom. The molecule has 3 aromatic rings. The summed E-state index contributed by atoms with van der Waals surface area (Å²) in [6.45, 7) is 0. The minimum atomic E-state index is -0.242. The highest BCUT2D eigenvalue weighted by Crippen LogP contribution is 2.33. The van der Waals surface area contributed by atoms with E-state index in [1.165, 1.54) is 30.1 Å². The number of thiophene rings is 1. The maximum absolute atomic E-state index is 12.2. The van der Waals surface area contributed by atoms with Crippen molar-refractivity contribution in [1.82, 2.24) is 9.97 Å². The number of hydrogen-bond acceptors (Lipinski definition) is 5. The smallest absolute Gasteiger partial charge is 0.267 e. The van der Waals surface area contributed by atoms with E-state index in [-0.39, 0.29) is 5.91 Å². The minimum Gasteiger partial charge on any atom is -0.397 e. The van der Waals surface area contributed by atoms with E-state index in [1.54, 1.807) is 0 Å². The van der Waals surface area contributed by atoms with Crippen LogP contribution >= 0.6 is 11.3 Å². The molecule has 94 valence electrons. The fourth-order valence-electron chi connectivity index (χ4n) is 1.79. The van der Waals surface area contributed by atoms with Gasteiger partial charge in [0.15, 0.2) is 0 Å². The molecule has 1 aromatic carbocycles. The molecule has 2 heterocycles. The maximum atomic E-state index is 12.2. The van der Waals surface area contributed by atoms with Gasteiger partial charge in [-0.15, -0.1) is 11.3 Å². The Labute approximate surface area is 113 Å². The van der Waals surface area contributed by atoms with E-state index in [0.717, 1.165) is 10.1 Å². The van der Waals surface area contributed by atoms with Crippen molar-refractivity contribution in [2.45, 2.75) is 0 Å². The Morgan fingerprint density at radius 3 is 2.68 bits per heavy atom. The molecular formula is C13H10N4OS. The number of fused-ring (bicyclic) bond motifs is 1. The van der Waals surface area contributed by atoms with Gasteiger partial charge in [0.1, 0.15) is 11.2 Å². The first kappa shape index (κ1) is 11.6. The SMILES string of the molecule is Nc1c(C(=O)Nc2cncnc2)sc2ccccc12. The summed E-state index contributed by atoms with van der Waals surface area (Å²) < 4.78 is 0.995. The number of aromatic nitrogens is 2. The van der Waals surface area contributed by atoms with Crippen molar-refractivity contribution in [3.63, 3.8) is 0 Å². The van der Waals surface area contributed by atoms with Gasteiger partial charge in [0.25, 0.3) is 5.91 Å². The van der Waals surface area contributed by atoms with Gasteiger partial charge in [0, 0.05) is 10.1 Å². The molecule has 3 rings (SSSR count). The second-order valence-electron chi connectivity index (χ2n) is 3.92. The largest absolute Gasteiger partial charge is 0.397 e. The fourth-order valence-corrected chi connectivity index (χ4v) is 2.80. The monoisotopic (exact) mass is 270 g/mol. The van der Waals surface area contributed by atoms with E-state index in [9.17, 15) is 4.79 Å². The zero-order valence-corrected chi connectivity index (χ0v) is 10.6. The first-order valence-electron chi connectivity index (χ1n) is 5.59. The van der Waals surface area contributed by atoms with Crippen LogP contribution in [-0.2, 0) is 0 Å². The highest BCUT2D eigenvalue weighted by atomic mass is 32.1. The van der Waals surface area contributed by atoms with Gasteiger partial charge in [-0.2, -0.15) is 0 Å². The average Bonchev–Trinajstić information content (AvgIpc) is 2.78. The lowest BCUT2D eigenvalue weighted by Crippen LogP contribution is -2.12. The molecule has 0 saturated heterocycles. The number of hydrogen-bond donors (Lipinski definition) is 2. The minimum absolute atomic E-state index is 0.242. The van der Waals surface area contributed by atoms with Crippen LogP contribution in [0.15, 0.2) is 43.0 Å². The van der Waals surface area contributed by atoms with E-state index in [0.29, 0.717) is 16.3 Å². The number of nitrogens with one attached hydrogen (secondary N) is 1. The predicted octanol–water partition coefficient (Wildman–Crippen LogP) is 2.53. The molecule has 1 amide bonds. The third kappa shape index (κ3) is 2.13. The Balaban J connectivity index is 1.96. The number of nitrogens with zero attached hydrogens (tertiary/aromatic N) is 2. The zero-order chi connectivity index (χ0) is 13.2. The highest BCUT2D eigenvalue weighted by Gasteiger charge is 2.16. The number of anilines is 2. The molecule has 0 fully saturated rings. The number of rotatable bonds is 2. The lowest BCUT2D eigenvalue weighted by atomic mass is 10.2. The summed E-state index contributed by atoms with van der Waals surface area (Å²) in [5.74, 6) is -0.242. The molecule has 6 heteroatoms. The van der Waals surface area contributed by atoms with Crippen LogP contribution in [0.5, 0.6) is 0 Å². The van der Waals surface area contributed by atoms with Crippen molar-refractivity contribution in [3.8, 4) is 0 Å². The molecule has 5 nitrogen and oxygen atoms in total. The summed E-state index contributed by atoms with van der Waals surface area (Å²) in [4.78, 5) is 20.4. The van der Waals surface area contributed by atoms with Gasteiger partial charge in [0.05, 0.1) is 23.8 Å². The third-order valence-electron chi connectivity index (χ3n) is 2.66. The van der Waals surface area contributed by atoms with Crippen LogP contribution in [0.25, 0.3) is 10.1 Å². The van der Waals surface area contributed by atoms with Gasteiger partial charge in [-0.05, 0) is 6.07 Å². The second-order valence-corrected chi connectivity index (χ2v) is 4.97. The van der Waals surface area contributed by atoms with Crippen molar-refractivity contribution in [3.05, 3.63) is 47.9 Å². The van der Waals surface area contributed by atoms with Crippen molar-refractivity contribution in [1.29, 1.82) is 0 Å². The first-order chi connectivity index (χ1) is 9.25. The number of amides is 1. The first-order valence-corrected chi connectivity index (χ1v) is 6.41. The summed E-state index contributed by atoms with van der Waals surface area (Å²) in [6, 6.07) is 7.67. The Kier molecular flexibility index (Phi) is 2.85. The molecule has 0 bridgehead atoms. The zero-order valence-electron chi connectivity index (χ0n) is 9.83. The molecule has 0 atom stereocenters. The van der Waals surface area contributed by atoms with E-state index >= 15 is 0 Å². The number of benzene rings is 1. The standard InChI is InChI=1S/C13H10N4OS/c14-11-9-3-1-2-4-10(9)19-12(11)13(18)17-8-5-15-7-16-6-8/h1-7H,14H2,(H,17,18). The molecule has 2 aromatic heterocycles. The van der Waals surface area contributed by atoms with Crippen LogP contribution in [0.2, 0.25) is 0 Å². The van der Waals surface area contributed by atoms with E-state index in [4.69, 9.17) is 5.73 Å². The molecule has 19 heavy (non-hydrogen) atoms. The van der Waals surface area contributed by atoms with Gasteiger partial charge in [-0.3, -0.25) is 4.79 Å². The summed E-state index contributed by atoms with van der Waals surface area (Å²) >= 11 is 1.37. The number of carbonyl (C=O) groups is 1. The Hall–Kier alpha value is -2.47. The normalized spacial score (nSPS) is 10.5. The molecule has 0 aliphatic carbocycles. The molecule has 0 aliphatic rings. The molecule has 0 aliphatic heterocycles. The third-order valence-corrected chi connectivity index (χ3v) is 3.84. The average molecular weight is 270 g/mol. The quantitative estimate of drug-likeness (QED) is 0.749. The molecule has 3 N–H and O–H groups in total. The van der Waals surface area contributed by atoms with Crippen molar-refractivity contribution in [2.24, 2.45) is 0 Å². The van der Waals surface area contributed by atoms with Crippen molar-refractivity contribution < 1.29 is 4.79 Å².